The van der Waals surface area contributed by atoms with Gasteiger partial charge in [0.2, 0.25) is 10.0 Å². The number of nitrogens with zero attached hydrogens (tertiary/aromatic N) is 3. The Labute approximate surface area is 248 Å². The van der Waals surface area contributed by atoms with Crippen LogP contribution in [0.2, 0.25) is 0 Å². The lowest BCUT2D eigenvalue weighted by atomic mass is 9.98. The lowest BCUT2D eigenvalue weighted by Gasteiger charge is -2.21. The minimum absolute atomic E-state index is 0.0643. The topological polar surface area (TPSA) is 97.4 Å². The van der Waals surface area contributed by atoms with Gasteiger partial charge in [-0.05, 0) is 60.2 Å². The third-order valence-corrected chi connectivity index (χ3v) is 8.49. The molecule has 8 nitrogen and oxygen atoms in total. The second-order valence-corrected chi connectivity index (χ2v) is 12.0. The third-order valence-electron chi connectivity index (χ3n) is 7.30. The van der Waals surface area contributed by atoms with Gasteiger partial charge >= 0.3 is 0 Å². The molecule has 0 aliphatic heterocycles. The molecule has 0 atom stereocenters. The van der Waals surface area contributed by atoms with Crippen LogP contribution in [0.3, 0.4) is 0 Å². The van der Waals surface area contributed by atoms with Gasteiger partial charge in [-0.25, -0.2) is 31.0 Å². The molecule has 0 radical (unpaired) electrons. The van der Waals surface area contributed by atoms with E-state index in [1.54, 1.807) is 0 Å². The predicted molar refractivity (Wildman–Crippen MR) is 158 cm³/mol. The number of hydrogen-bond donors (Lipinski definition) is 1. The third kappa shape index (κ3) is 4.84. The molecule has 2 aromatic heterocycles. The summed E-state index contributed by atoms with van der Waals surface area (Å²) >= 11 is 0. The zero-order valence-electron chi connectivity index (χ0n) is 23.3. The van der Waals surface area contributed by atoms with Crippen LogP contribution in [-0.4, -0.2) is 44.2 Å². The number of amides is 1. The van der Waals surface area contributed by atoms with Crippen LogP contribution in [0, 0.1) is 23.3 Å². The number of halogens is 4. The fourth-order valence-electron chi connectivity index (χ4n) is 5.03. The van der Waals surface area contributed by atoms with Crippen molar-refractivity contribution in [1.82, 2.24) is 14.9 Å². The SMILES string of the molecule is CNC(=O)c1c(-c2ccc(F)cc2)oc2cc(N(C)S(C)(=O)=O)c(-c3cc(F)c4ncn(-c5ccc(F)c(F)c5)c4c3)cc12. The molecule has 0 saturated heterocycles. The first-order valence-corrected chi connectivity index (χ1v) is 14.9. The summed E-state index contributed by atoms with van der Waals surface area (Å²) in [5, 5.41) is 2.83. The van der Waals surface area contributed by atoms with Gasteiger partial charge in [-0.2, -0.15) is 0 Å². The number of imidazole rings is 1. The van der Waals surface area contributed by atoms with E-state index in [0.717, 1.165) is 28.8 Å². The Hall–Kier alpha value is -5.17. The number of anilines is 1. The van der Waals surface area contributed by atoms with Crippen LogP contribution in [0.15, 0.2) is 77.5 Å². The minimum Gasteiger partial charge on any atom is -0.455 e. The van der Waals surface area contributed by atoms with Gasteiger partial charge in [-0.1, -0.05) is 0 Å². The maximum atomic E-state index is 15.6. The van der Waals surface area contributed by atoms with E-state index in [9.17, 15) is 26.4 Å². The molecule has 44 heavy (non-hydrogen) atoms. The van der Waals surface area contributed by atoms with Crippen molar-refractivity contribution in [3.05, 3.63) is 102 Å². The van der Waals surface area contributed by atoms with Crippen molar-refractivity contribution in [3.63, 3.8) is 0 Å². The van der Waals surface area contributed by atoms with Gasteiger partial charge < -0.3 is 9.73 Å². The van der Waals surface area contributed by atoms with Crippen molar-refractivity contribution in [2.24, 2.45) is 0 Å². The van der Waals surface area contributed by atoms with Crippen LogP contribution < -0.4 is 9.62 Å². The molecule has 0 fully saturated rings. The Morgan fingerprint density at radius 2 is 1.64 bits per heavy atom. The number of sulfonamides is 1. The molecule has 0 unspecified atom stereocenters. The maximum Gasteiger partial charge on any atom is 0.255 e. The summed E-state index contributed by atoms with van der Waals surface area (Å²) in [7, 11) is -1.12. The predicted octanol–water partition coefficient (Wildman–Crippen LogP) is 6.42. The molecular weight excluding hydrogens is 600 g/mol. The lowest BCUT2D eigenvalue weighted by molar-refractivity contribution is 0.0964. The first kappa shape index (κ1) is 28.9. The van der Waals surface area contributed by atoms with Crippen molar-refractivity contribution >= 4 is 43.6 Å². The molecule has 0 saturated carbocycles. The number of fused-ring (bicyclic) bond motifs is 2. The summed E-state index contributed by atoms with van der Waals surface area (Å²) in [5.74, 6) is -3.84. The number of nitrogens with one attached hydrogen (secondary N) is 1. The second-order valence-electron chi connectivity index (χ2n) is 10.0. The molecule has 0 aliphatic carbocycles. The average molecular weight is 623 g/mol. The minimum atomic E-state index is -3.86. The highest BCUT2D eigenvalue weighted by Crippen LogP contribution is 2.42. The molecule has 1 amide bonds. The van der Waals surface area contributed by atoms with Crippen LogP contribution in [0.4, 0.5) is 23.2 Å². The van der Waals surface area contributed by atoms with Crippen LogP contribution in [-0.2, 0) is 10.0 Å². The molecular formula is C31H22F4N4O4S. The van der Waals surface area contributed by atoms with E-state index in [1.165, 1.54) is 73.5 Å². The van der Waals surface area contributed by atoms with Crippen molar-refractivity contribution in [3.8, 4) is 28.1 Å². The van der Waals surface area contributed by atoms with Gasteiger partial charge in [0.25, 0.3) is 5.91 Å². The number of furan rings is 1. The fourth-order valence-corrected chi connectivity index (χ4v) is 5.54. The Morgan fingerprint density at radius 1 is 0.909 bits per heavy atom. The lowest BCUT2D eigenvalue weighted by Crippen LogP contribution is -2.25. The van der Waals surface area contributed by atoms with Crippen LogP contribution in [0.1, 0.15) is 10.4 Å². The molecule has 13 heteroatoms. The van der Waals surface area contributed by atoms with E-state index in [0.29, 0.717) is 5.56 Å². The summed E-state index contributed by atoms with van der Waals surface area (Å²) in [5.41, 5.74) is 1.43. The van der Waals surface area contributed by atoms with Crippen molar-refractivity contribution in [1.29, 1.82) is 0 Å². The van der Waals surface area contributed by atoms with E-state index in [2.05, 4.69) is 10.3 Å². The number of rotatable bonds is 6. The van der Waals surface area contributed by atoms with Gasteiger partial charge in [-0.3, -0.25) is 13.7 Å². The summed E-state index contributed by atoms with van der Waals surface area (Å²) in [6.45, 7) is 0. The molecule has 6 aromatic rings. The first-order valence-electron chi connectivity index (χ1n) is 13.0. The zero-order valence-corrected chi connectivity index (χ0v) is 24.1. The smallest absolute Gasteiger partial charge is 0.255 e. The summed E-state index contributed by atoms with van der Waals surface area (Å²) in [4.78, 5) is 17.2. The van der Waals surface area contributed by atoms with Gasteiger partial charge in [0.05, 0.1) is 28.7 Å². The molecule has 2 heterocycles. The largest absolute Gasteiger partial charge is 0.455 e. The number of benzene rings is 4. The van der Waals surface area contributed by atoms with E-state index in [1.807, 2.05) is 0 Å². The normalized spacial score (nSPS) is 11.8. The maximum absolute atomic E-state index is 15.6. The Balaban J connectivity index is 1.66. The molecule has 0 spiro atoms. The highest BCUT2D eigenvalue weighted by molar-refractivity contribution is 7.92. The quantitative estimate of drug-likeness (QED) is 0.216. The monoisotopic (exact) mass is 622 g/mol. The second kappa shape index (κ2) is 10.5. The summed E-state index contributed by atoms with van der Waals surface area (Å²) in [6, 6.07) is 14.1. The average Bonchev–Trinajstić information content (AvgIpc) is 3.59. The Kier molecular flexibility index (Phi) is 6.92. The number of aromatic nitrogens is 2. The Morgan fingerprint density at radius 3 is 2.30 bits per heavy atom. The highest BCUT2D eigenvalue weighted by atomic mass is 32.2. The number of carbonyl (C=O) groups is 1. The zero-order chi connectivity index (χ0) is 31.5. The van der Waals surface area contributed by atoms with Gasteiger partial charge in [0, 0.05) is 42.7 Å². The van der Waals surface area contributed by atoms with E-state index in [-0.39, 0.29) is 55.8 Å². The summed E-state index contributed by atoms with van der Waals surface area (Å²) < 4.78 is 90.7. The van der Waals surface area contributed by atoms with Crippen molar-refractivity contribution < 1.29 is 35.2 Å². The van der Waals surface area contributed by atoms with Gasteiger partial charge in [0.1, 0.15) is 29.0 Å². The van der Waals surface area contributed by atoms with Crippen molar-refractivity contribution in [2.75, 3.05) is 24.7 Å². The number of carbonyl (C=O) groups excluding carboxylic acids is 1. The van der Waals surface area contributed by atoms with Crippen LogP contribution >= 0.6 is 0 Å². The van der Waals surface area contributed by atoms with E-state index < -0.39 is 39.2 Å². The molecule has 1 N–H and O–H groups in total. The van der Waals surface area contributed by atoms with E-state index >= 15 is 4.39 Å². The van der Waals surface area contributed by atoms with Gasteiger partial charge in [-0.15, -0.1) is 0 Å². The summed E-state index contributed by atoms with van der Waals surface area (Å²) in [6.07, 6.45) is 2.25. The van der Waals surface area contributed by atoms with Crippen molar-refractivity contribution in [2.45, 2.75) is 0 Å². The standard InChI is InChI=1S/C31H22F4N4O4S/c1-36-31(40)28-21-13-20(17-10-24(35)29-26(11-17)39(15-37-29)19-8-9-22(33)23(34)12-19)25(38(2)44(3,41)42)14-27(21)43-30(28)16-4-6-18(32)7-5-16/h4-15H,1-3H3,(H,36,40). The molecule has 6 rings (SSSR count). The van der Waals surface area contributed by atoms with Gasteiger partial charge in [0.15, 0.2) is 17.5 Å². The molecule has 0 bridgehead atoms. The molecule has 4 aromatic carbocycles. The first-order chi connectivity index (χ1) is 20.9. The Bertz CT molecular complexity index is 2230. The fraction of sp³-hybridized carbons (Fsp3) is 0.0968. The molecule has 0 aliphatic rings. The highest BCUT2D eigenvalue weighted by Gasteiger charge is 2.26. The number of hydrogen-bond acceptors (Lipinski definition) is 5. The van der Waals surface area contributed by atoms with Crippen LogP contribution in [0.25, 0.3) is 50.1 Å². The molecule has 224 valence electrons. The van der Waals surface area contributed by atoms with E-state index in [4.69, 9.17) is 4.42 Å². The van der Waals surface area contributed by atoms with Crippen LogP contribution in [0.5, 0.6) is 0 Å².